The molecule has 0 aliphatic heterocycles. The summed E-state index contributed by atoms with van der Waals surface area (Å²) < 4.78 is 26.4. The van der Waals surface area contributed by atoms with Crippen LogP contribution in [0.1, 0.15) is 36.6 Å². The lowest BCUT2D eigenvalue weighted by Crippen LogP contribution is -2.18. The van der Waals surface area contributed by atoms with Crippen molar-refractivity contribution in [2.75, 3.05) is 6.61 Å². The van der Waals surface area contributed by atoms with Crippen molar-refractivity contribution in [3.8, 4) is 11.5 Å². The molecule has 3 aromatic rings. The summed E-state index contributed by atoms with van der Waals surface area (Å²) in [6.45, 7) is 5.40. The molecule has 0 radical (unpaired) electrons. The van der Waals surface area contributed by atoms with Gasteiger partial charge in [0, 0.05) is 18.2 Å². The molecule has 0 fully saturated rings. The standard InChI is InChI=1S/C24H25BrFNO2/c1-3-28-23-14-18(15-27-17(2)19-9-5-4-6-10-19)13-21(25)24(23)29-16-20-11-7-8-12-22(20)26/h4-14,17,27H,3,15-16H2,1-2H3/t17-/m1/s1. The molecular formula is C24H25BrFNO2. The van der Waals surface area contributed by atoms with Gasteiger partial charge in [0.15, 0.2) is 11.5 Å². The van der Waals surface area contributed by atoms with Crippen LogP contribution in [0.15, 0.2) is 71.2 Å². The molecule has 0 unspecified atom stereocenters. The van der Waals surface area contributed by atoms with E-state index in [1.165, 1.54) is 11.6 Å². The van der Waals surface area contributed by atoms with Crippen molar-refractivity contribution >= 4 is 15.9 Å². The monoisotopic (exact) mass is 457 g/mol. The first-order valence-electron chi connectivity index (χ1n) is 9.68. The second-order valence-electron chi connectivity index (χ2n) is 6.73. The SMILES string of the molecule is CCOc1cc(CN[C@H](C)c2ccccc2)cc(Br)c1OCc1ccccc1F. The van der Waals surface area contributed by atoms with Gasteiger partial charge in [0.05, 0.1) is 11.1 Å². The molecule has 0 amide bonds. The highest BCUT2D eigenvalue weighted by atomic mass is 79.9. The predicted octanol–water partition coefficient (Wildman–Crippen LogP) is 6.42. The number of hydrogen-bond acceptors (Lipinski definition) is 3. The van der Waals surface area contributed by atoms with Gasteiger partial charge in [-0.15, -0.1) is 0 Å². The summed E-state index contributed by atoms with van der Waals surface area (Å²) >= 11 is 3.59. The largest absolute Gasteiger partial charge is 0.490 e. The van der Waals surface area contributed by atoms with E-state index in [1.807, 2.05) is 37.3 Å². The Bertz CT molecular complexity index is 933. The first-order valence-corrected chi connectivity index (χ1v) is 10.5. The van der Waals surface area contributed by atoms with Gasteiger partial charge in [0.25, 0.3) is 0 Å². The lowest BCUT2D eigenvalue weighted by Gasteiger charge is -2.18. The van der Waals surface area contributed by atoms with E-state index in [-0.39, 0.29) is 18.5 Å². The third-order valence-corrected chi connectivity index (χ3v) is 5.20. The molecule has 0 aliphatic rings. The zero-order valence-corrected chi connectivity index (χ0v) is 18.2. The van der Waals surface area contributed by atoms with Gasteiger partial charge < -0.3 is 14.8 Å². The fourth-order valence-electron chi connectivity index (χ4n) is 3.02. The van der Waals surface area contributed by atoms with E-state index in [0.717, 1.165) is 10.0 Å². The second kappa shape index (κ2) is 10.4. The fourth-order valence-corrected chi connectivity index (χ4v) is 3.63. The maximum atomic E-state index is 13.9. The number of rotatable bonds is 9. The van der Waals surface area contributed by atoms with Crippen LogP contribution in [0, 0.1) is 5.82 Å². The van der Waals surface area contributed by atoms with E-state index in [1.54, 1.807) is 18.2 Å². The molecule has 1 atom stereocenters. The Morgan fingerprint density at radius 1 is 1.00 bits per heavy atom. The summed E-state index contributed by atoms with van der Waals surface area (Å²) in [6.07, 6.45) is 0. The molecule has 3 nitrogen and oxygen atoms in total. The highest BCUT2D eigenvalue weighted by Gasteiger charge is 2.14. The molecule has 0 aliphatic carbocycles. The van der Waals surface area contributed by atoms with Gasteiger partial charge >= 0.3 is 0 Å². The van der Waals surface area contributed by atoms with Crippen LogP contribution in [0.5, 0.6) is 11.5 Å². The Labute approximate surface area is 180 Å². The third kappa shape index (κ3) is 5.81. The molecule has 5 heteroatoms. The zero-order chi connectivity index (χ0) is 20.6. The van der Waals surface area contributed by atoms with Crippen LogP contribution in [0.4, 0.5) is 4.39 Å². The number of halogens is 2. The lowest BCUT2D eigenvalue weighted by molar-refractivity contribution is 0.264. The van der Waals surface area contributed by atoms with Crippen LogP contribution >= 0.6 is 15.9 Å². The first kappa shape index (κ1) is 21.3. The van der Waals surface area contributed by atoms with Crippen LogP contribution in [-0.2, 0) is 13.2 Å². The Morgan fingerprint density at radius 3 is 2.45 bits per heavy atom. The predicted molar refractivity (Wildman–Crippen MR) is 118 cm³/mol. The summed E-state index contributed by atoms with van der Waals surface area (Å²) in [5.74, 6) is 0.939. The van der Waals surface area contributed by atoms with Gasteiger partial charge in [0.1, 0.15) is 12.4 Å². The van der Waals surface area contributed by atoms with Crippen LogP contribution in [-0.4, -0.2) is 6.61 Å². The number of nitrogens with one attached hydrogen (secondary N) is 1. The smallest absolute Gasteiger partial charge is 0.175 e. The van der Waals surface area contributed by atoms with Gasteiger partial charge in [-0.3, -0.25) is 0 Å². The van der Waals surface area contributed by atoms with Crippen molar-refractivity contribution in [2.45, 2.75) is 33.0 Å². The second-order valence-corrected chi connectivity index (χ2v) is 7.59. The summed E-state index contributed by atoms with van der Waals surface area (Å²) in [5, 5.41) is 3.53. The highest BCUT2D eigenvalue weighted by molar-refractivity contribution is 9.10. The summed E-state index contributed by atoms with van der Waals surface area (Å²) in [6, 6.07) is 21.1. The molecule has 152 valence electrons. The van der Waals surface area contributed by atoms with E-state index in [4.69, 9.17) is 9.47 Å². The normalized spacial score (nSPS) is 11.9. The zero-order valence-electron chi connectivity index (χ0n) is 16.6. The molecule has 0 aromatic heterocycles. The van der Waals surface area contributed by atoms with Gasteiger partial charge in [-0.1, -0.05) is 48.5 Å². The van der Waals surface area contributed by atoms with Crippen molar-refractivity contribution in [3.05, 3.63) is 93.7 Å². The van der Waals surface area contributed by atoms with Crippen molar-refractivity contribution in [3.63, 3.8) is 0 Å². The van der Waals surface area contributed by atoms with Crippen molar-refractivity contribution in [2.24, 2.45) is 0 Å². The maximum absolute atomic E-state index is 13.9. The Morgan fingerprint density at radius 2 is 1.72 bits per heavy atom. The van der Waals surface area contributed by atoms with Crippen molar-refractivity contribution < 1.29 is 13.9 Å². The Kier molecular flexibility index (Phi) is 7.67. The molecule has 3 aromatic carbocycles. The van der Waals surface area contributed by atoms with E-state index in [0.29, 0.717) is 30.2 Å². The Hall–Kier alpha value is -2.37. The van der Waals surface area contributed by atoms with Gasteiger partial charge in [0.2, 0.25) is 0 Å². The van der Waals surface area contributed by atoms with Crippen LogP contribution in [0.3, 0.4) is 0 Å². The molecule has 0 heterocycles. The van der Waals surface area contributed by atoms with Crippen molar-refractivity contribution in [1.29, 1.82) is 0 Å². The lowest BCUT2D eigenvalue weighted by atomic mass is 10.1. The van der Waals surface area contributed by atoms with E-state index in [9.17, 15) is 4.39 Å². The topological polar surface area (TPSA) is 30.5 Å². The summed E-state index contributed by atoms with van der Waals surface area (Å²) in [4.78, 5) is 0. The minimum atomic E-state index is -0.280. The maximum Gasteiger partial charge on any atom is 0.175 e. The number of ether oxygens (including phenoxy) is 2. The number of hydrogen-bond donors (Lipinski definition) is 1. The molecule has 0 bridgehead atoms. The molecular weight excluding hydrogens is 433 g/mol. The highest BCUT2D eigenvalue weighted by Crippen LogP contribution is 2.37. The molecule has 3 rings (SSSR count). The van der Waals surface area contributed by atoms with Gasteiger partial charge in [-0.25, -0.2) is 4.39 Å². The molecule has 0 saturated heterocycles. The average Bonchev–Trinajstić information content (AvgIpc) is 2.73. The Balaban J connectivity index is 1.72. The van der Waals surface area contributed by atoms with E-state index >= 15 is 0 Å². The van der Waals surface area contributed by atoms with Gasteiger partial charge in [-0.2, -0.15) is 0 Å². The fraction of sp³-hybridized carbons (Fsp3) is 0.250. The van der Waals surface area contributed by atoms with Crippen LogP contribution in [0.2, 0.25) is 0 Å². The molecule has 0 spiro atoms. The summed E-state index contributed by atoms with van der Waals surface area (Å²) in [7, 11) is 0. The van der Waals surface area contributed by atoms with Gasteiger partial charge in [-0.05, 0) is 59.1 Å². The summed E-state index contributed by atoms with van der Waals surface area (Å²) in [5.41, 5.74) is 2.81. The van der Waals surface area contributed by atoms with E-state index in [2.05, 4.69) is 40.3 Å². The average molecular weight is 458 g/mol. The van der Waals surface area contributed by atoms with Crippen LogP contribution in [0.25, 0.3) is 0 Å². The first-order chi connectivity index (χ1) is 14.1. The van der Waals surface area contributed by atoms with E-state index < -0.39 is 0 Å². The molecule has 29 heavy (non-hydrogen) atoms. The minimum Gasteiger partial charge on any atom is -0.490 e. The van der Waals surface area contributed by atoms with Crippen molar-refractivity contribution in [1.82, 2.24) is 5.32 Å². The quantitative estimate of drug-likeness (QED) is 0.402. The molecule has 0 saturated carbocycles. The molecule has 1 N–H and O–H groups in total. The number of benzene rings is 3. The minimum absolute atomic E-state index is 0.133. The third-order valence-electron chi connectivity index (χ3n) is 4.61. The van der Waals surface area contributed by atoms with Crippen LogP contribution < -0.4 is 14.8 Å².